The Morgan fingerprint density at radius 2 is 1.91 bits per heavy atom. The van der Waals surface area contributed by atoms with Crippen molar-refractivity contribution in [1.29, 1.82) is 0 Å². The number of piperazine rings is 1. The Morgan fingerprint density at radius 1 is 1.16 bits per heavy atom. The smallest absolute Gasteiger partial charge is 0.257 e. The van der Waals surface area contributed by atoms with Crippen LogP contribution in [0.3, 0.4) is 0 Å². The van der Waals surface area contributed by atoms with E-state index in [0.717, 1.165) is 25.9 Å². The number of anilines is 1. The lowest BCUT2D eigenvalue weighted by Gasteiger charge is -2.40. The van der Waals surface area contributed by atoms with Crippen LogP contribution in [-0.2, 0) is 4.79 Å². The molecule has 0 saturated carbocycles. The molecule has 0 bridgehead atoms. The summed E-state index contributed by atoms with van der Waals surface area (Å²) in [5.74, 6) is 0.200. The average Bonchev–Trinajstić information content (AvgIpc) is 3.32. The van der Waals surface area contributed by atoms with Gasteiger partial charge in [-0.3, -0.25) is 9.59 Å². The van der Waals surface area contributed by atoms with Crippen molar-refractivity contribution in [2.45, 2.75) is 31.0 Å². The van der Waals surface area contributed by atoms with Crippen LogP contribution in [0.1, 0.15) is 30.1 Å². The minimum Gasteiger partial charge on any atom is -0.353 e. The number of carbonyl (C=O) groups is 2. The van der Waals surface area contributed by atoms with Crippen molar-refractivity contribution in [2.75, 3.05) is 43.4 Å². The molecule has 0 spiro atoms. The van der Waals surface area contributed by atoms with Crippen LogP contribution >= 0.6 is 23.4 Å². The monoisotopic (exact) mass is 477 g/mol. The number of likely N-dealkylation sites (tertiary alicyclic amines) is 1. The van der Waals surface area contributed by atoms with Gasteiger partial charge in [0.15, 0.2) is 5.16 Å². The Balaban J connectivity index is 1.40. The molecule has 1 aromatic heterocycles. The summed E-state index contributed by atoms with van der Waals surface area (Å²) in [6.45, 7) is 5.06. The highest BCUT2D eigenvalue weighted by molar-refractivity contribution is 7.99. The minimum atomic E-state index is -0.514. The Hall–Kier alpha value is -2.39. The van der Waals surface area contributed by atoms with Crippen molar-refractivity contribution >= 4 is 41.0 Å². The first-order valence-electron chi connectivity index (χ1n) is 10.7. The highest BCUT2D eigenvalue weighted by Crippen LogP contribution is 2.25. The highest BCUT2D eigenvalue weighted by Gasteiger charge is 2.30. The van der Waals surface area contributed by atoms with Crippen molar-refractivity contribution in [3.05, 3.63) is 46.9 Å². The van der Waals surface area contributed by atoms with Crippen molar-refractivity contribution in [1.82, 2.24) is 19.8 Å². The Labute approximate surface area is 195 Å². The molecule has 1 unspecified atom stereocenters. The van der Waals surface area contributed by atoms with Gasteiger partial charge in [-0.15, -0.1) is 0 Å². The molecule has 7 nitrogen and oxygen atoms in total. The summed E-state index contributed by atoms with van der Waals surface area (Å²) in [7, 11) is 0. The van der Waals surface area contributed by atoms with Crippen LogP contribution < -0.4 is 4.90 Å². The lowest BCUT2D eigenvalue weighted by atomic mass is 10.1. The fraction of sp³-hybridized carbons (Fsp3) is 0.455. The van der Waals surface area contributed by atoms with Crippen LogP contribution in [0.25, 0.3) is 0 Å². The maximum atomic E-state index is 14.1. The van der Waals surface area contributed by atoms with Gasteiger partial charge < -0.3 is 14.7 Å². The van der Waals surface area contributed by atoms with E-state index in [-0.39, 0.29) is 29.2 Å². The van der Waals surface area contributed by atoms with Gasteiger partial charge in [0, 0.05) is 44.8 Å². The first-order chi connectivity index (χ1) is 15.4. The largest absolute Gasteiger partial charge is 0.353 e. The van der Waals surface area contributed by atoms with Crippen LogP contribution in [0.2, 0.25) is 5.15 Å². The standard InChI is InChI=1S/C22H25ClFN5O2S/c1-15-13-28(10-11-29(15)21(31)16-6-2-3-7-17(16)24)19-12-18(23)25-22(26-19)32-14-20(30)27-8-4-5-9-27/h2-3,6-7,12,15H,4-5,8-11,13-14H2,1H3. The van der Waals surface area contributed by atoms with Gasteiger partial charge in [0.1, 0.15) is 16.8 Å². The Bertz CT molecular complexity index is 1000. The van der Waals surface area contributed by atoms with Crippen LogP contribution in [0.4, 0.5) is 10.2 Å². The van der Waals surface area contributed by atoms with Crippen molar-refractivity contribution in [3.63, 3.8) is 0 Å². The summed E-state index contributed by atoms with van der Waals surface area (Å²) in [6, 6.07) is 7.58. The Kier molecular flexibility index (Phi) is 7.15. The fourth-order valence-corrected chi connectivity index (χ4v) is 5.04. The molecule has 1 aromatic carbocycles. The van der Waals surface area contributed by atoms with Crippen molar-refractivity contribution in [2.24, 2.45) is 0 Å². The van der Waals surface area contributed by atoms with E-state index >= 15 is 0 Å². The summed E-state index contributed by atoms with van der Waals surface area (Å²) in [5.41, 5.74) is 0.0826. The number of thioether (sulfide) groups is 1. The molecule has 2 aromatic rings. The summed E-state index contributed by atoms with van der Waals surface area (Å²) < 4.78 is 14.1. The van der Waals surface area contributed by atoms with Crippen LogP contribution in [0.15, 0.2) is 35.5 Å². The molecule has 2 saturated heterocycles. The maximum Gasteiger partial charge on any atom is 0.257 e. The third-order valence-electron chi connectivity index (χ3n) is 5.76. The van der Waals surface area contributed by atoms with Gasteiger partial charge in [-0.25, -0.2) is 14.4 Å². The van der Waals surface area contributed by atoms with E-state index in [9.17, 15) is 14.0 Å². The maximum absolute atomic E-state index is 14.1. The molecule has 3 heterocycles. The van der Waals surface area contributed by atoms with Crippen molar-refractivity contribution in [3.8, 4) is 0 Å². The average molecular weight is 478 g/mol. The molecule has 2 amide bonds. The number of benzene rings is 1. The molecule has 2 aliphatic rings. The van der Waals surface area contributed by atoms with Gasteiger partial charge in [0.25, 0.3) is 5.91 Å². The van der Waals surface area contributed by atoms with E-state index < -0.39 is 5.82 Å². The van der Waals surface area contributed by atoms with Gasteiger partial charge >= 0.3 is 0 Å². The zero-order chi connectivity index (χ0) is 22.7. The van der Waals surface area contributed by atoms with E-state index in [1.54, 1.807) is 23.1 Å². The van der Waals surface area contributed by atoms with Gasteiger partial charge in [-0.05, 0) is 31.9 Å². The predicted molar refractivity (Wildman–Crippen MR) is 123 cm³/mol. The molecule has 4 rings (SSSR count). The third kappa shape index (κ3) is 5.15. The number of nitrogens with zero attached hydrogens (tertiary/aromatic N) is 5. The fourth-order valence-electron chi connectivity index (χ4n) is 4.05. The second-order valence-electron chi connectivity index (χ2n) is 7.98. The molecule has 0 aliphatic carbocycles. The molecule has 2 aliphatic heterocycles. The number of hydrogen-bond acceptors (Lipinski definition) is 6. The molecular formula is C22H25ClFN5O2S. The molecule has 10 heteroatoms. The molecular weight excluding hydrogens is 453 g/mol. The molecule has 1 atom stereocenters. The lowest BCUT2D eigenvalue weighted by Crippen LogP contribution is -2.54. The SMILES string of the molecule is CC1CN(c2cc(Cl)nc(SCC(=O)N3CCCC3)n2)CCN1C(=O)c1ccccc1F. The van der Waals surface area contributed by atoms with E-state index in [4.69, 9.17) is 11.6 Å². The molecule has 0 radical (unpaired) electrons. The summed E-state index contributed by atoms with van der Waals surface area (Å²) >= 11 is 7.51. The second-order valence-corrected chi connectivity index (χ2v) is 9.31. The Morgan fingerprint density at radius 3 is 2.62 bits per heavy atom. The minimum absolute atomic E-state index is 0.0826. The first kappa shape index (κ1) is 22.8. The molecule has 0 N–H and O–H groups in total. The zero-order valence-corrected chi connectivity index (χ0v) is 19.4. The van der Waals surface area contributed by atoms with Gasteiger partial charge in [0.2, 0.25) is 5.91 Å². The van der Waals surface area contributed by atoms with Crippen LogP contribution in [0, 0.1) is 5.82 Å². The van der Waals surface area contributed by atoms with Crippen LogP contribution in [-0.4, -0.2) is 76.1 Å². The highest BCUT2D eigenvalue weighted by atomic mass is 35.5. The molecule has 32 heavy (non-hydrogen) atoms. The van der Waals surface area contributed by atoms with E-state index in [1.165, 1.54) is 23.9 Å². The predicted octanol–water partition coefficient (Wildman–Crippen LogP) is 3.33. The summed E-state index contributed by atoms with van der Waals surface area (Å²) in [5, 5.41) is 0.765. The summed E-state index contributed by atoms with van der Waals surface area (Å²) in [4.78, 5) is 39.6. The second kappa shape index (κ2) is 10.0. The summed E-state index contributed by atoms with van der Waals surface area (Å²) in [6.07, 6.45) is 2.11. The quantitative estimate of drug-likeness (QED) is 0.374. The van der Waals surface area contributed by atoms with E-state index in [1.807, 2.05) is 16.7 Å². The van der Waals surface area contributed by atoms with E-state index in [2.05, 4.69) is 9.97 Å². The van der Waals surface area contributed by atoms with Crippen molar-refractivity contribution < 1.29 is 14.0 Å². The van der Waals surface area contributed by atoms with Gasteiger partial charge in [-0.1, -0.05) is 35.5 Å². The number of carbonyl (C=O) groups excluding carboxylic acids is 2. The lowest BCUT2D eigenvalue weighted by molar-refractivity contribution is -0.127. The normalized spacial score (nSPS) is 18.8. The topological polar surface area (TPSA) is 69.6 Å². The zero-order valence-electron chi connectivity index (χ0n) is 17.8. The molecule has 170 valence electrons. The number of rotatable bonds is 5. The number of halogens is 2. The van der Waals surface area contributed by atoms with Gasteiger partial charge in [-0.2, -0.15) is 0 Å². The van der Waals surface area contributed by atoms with E-state index in [0.29, 0.717) is 35.8 Å². The number of hydrogen-bond donors (Lipinski definition) is 0. The first-order valence-corrected chi connectivity index (χ1v) is 12.0. The van der Waals surface area contributed by atoms with Gasteiger partial charge in [0.05, 0.1) is 11.3 Å². The number of amides is 2. The number of aromatic nitrogens is 2. The third-order valence-corrected chi connectivity index (χ3v) is 6.79. The van der Waals surface area contributed by atoms with Crippen LogP contribution in [0.5, 0.6) is 0 Å². The molecule has 2 fully saturated rings.